The molecule has 1 aliphatic rings. The van der Waals surface area contributed by atoms with Crippen molar-refractivity contribution in [1.29, 1.82) is 0 Å². The maximum atomic E-state index is 4.35. The van der Waals surface area contributed by atoms with Crippen LogP contribution >= 0.6 is 0 Å². The summed E-state index contributed by atoms with van der Waals surface area (Å²) in [5.41, 5.74) is 2.59. The Balaban J connectivity index is 2.09. The fourth-order valence-electron chi connectivity index (χ4n) is 1.84. The first-order chi connectivity index (χ1) is 7.27. The van der Waals surface area contributed by atoms with Crippen molar-refractivity contribution in [1.82, 2.24) is 4.98 Å². The molecule has 15 heavy (non-hydrogen) atoms. The summed E-state index contributed by atoms with van der Waals surface area (Å²) in [6.07, 6.45) is 4.41. The van der Waals surface area contributed by atoms with Crippen molar-refractivity contribution >= 4 is 16.6 Å². The second kappa shape index (κ2) is 2.96. The van der Waals surface area contributed by atoms with Gasteiger partial charge in [0, 0.05) is 22.8 Å². The van der Waals surface area contributed by atoms with Gasteiger partial charge in [0.15, 0.2) is 0 Å². The van der Waals surface area contributed by atoms with Gasteiger partial charge in [-0.1, -0.05) is 18.2 Å². The molecule has 0 saturated heterocycles. The Hall–Kier alpha value is -1.57. The van der Waals surface area contributed by atoms with E-state index in [0.717, 1.165) is 5.52 Å². The van der Waals surface area contributed by atoms with E-state index < -0.39 is 0 Å². The summed E-state index contributed by atoms with van der Waals surface area (Å²) < 4.78 is 0. The van der Waals surface area contributed by atoms with E-state index in [2.05, 4.69) is 41.5 Å². The topological polar surface area (TPSA) is 24.9 Å². The molecule has 1 aliphatic carbocycles. The van der Waals surface area contributed by atoms with E-state index >= 15 is 0 Å². The van der Waals surface area contributed by atoms with Crippen molar-refractivity contribution in [3.05, 3.63) is 36.5 Å². The lowest BCUT2D eigenvalue weighted by Gasteiger charge is -2.14. The van der Waals surface area contributed by atoms with Crippen molar-refractivity contribution in [2.45, 2.75) is 25.3 Å². The molecule has 2 nitrogen and oxygen atoms in total. The molecule has 0 bridgehead atoms. The normalized spacial score (nSPS) is 17.7. The van der Waals surface area contributed by atoms with E-state index in [1.54, 1.807) is 0 Å². The Labute approximate surface area is 89.3 Å². The van der Waals surface area contributed by atoms with Crippen LogP contribution in [-0.4, -0.2) is 10.5 Å². The number of hydrogen-bond acceptors (Lipinski definition) is 2. The maximum Gasteiger partial charge on any atom is 0.0722 e. The molecule has 0 aliphatic heterocycles. The molecule has 2 heteroatoms. The van der Waals surface area contributed by atoms with Crippen LogP contribution < -0.4 is 5.32 Å². The Morgan fingerprint density at radius 2 is 2.00 bits per heavy atom. The Bertz CT molecular complexity index is 495. The molecule has 1 fully saturated rings. The predicted octanol–water partition coefficient (Wildman–Crippen LogP) is 3.20. The highest BCUT2D eigenvalue weighted by Gasteiger charge is 2.37. The van der Waals surface area contributed by atoms with Crippen LogP contribution in [0.2, 0.25) is 0 Å². The van der Waals surface area contributed by atoms with Crippen molar-refractivity contribution < 1.29 is 0 Å². The number of aromatic nitrogens is 1. The highest BCUT2D eigenvalue weighted by atomic mass is 15.0. The van der Waals surface area contributed by atoms with E-state index in [4.69, 9.17) is 0 Å². The quantitative estimate of drug-likeness (QED) is 0.801. The highest BCUT2D eigenvalue weighted by Crippen LogP contribution is 2.39. The zero-order valence-corrected chi connectivity index (χ0v) is 8.83. The molecular formula is C13H14N2. The molecule has 2 aromatic rings. The van der Waals surface area contributed by atoms with Gasteiger partial charge in [0.05, 0.1) is 5.52 Å². The van der Waals surface area contributed by atoms with Crippen LogP contribution in [0, 0.1) is 0 Å². The third kappa shape index (κ3) is 1.56. The van der Waals surface area contributed by atoms with Gasteiger partial charge in [0.2, 0.25) is 0 Å². The smallest absolute Gasteiger partial charge is 0.0722 e. The van der Waals surface area contributed by atoms with Crippen molar-refractivity contribution in [2.75, 3.05) is 5.32 Å². The molecule has 0 atom stereocenters. The fraction of sp³-hybridized carbons (Fsp3) is 0.308. The van der Waals surface area contributed by atoms with E-state index in [1.807, 2.05) is 12.3 Å². The first-order valence-corrected chi connectivity index (χ1v) is 5.39. The molecule has 1 aromatic heterocycles. The summed E-state index contributed by atoms with van der Waals surface area (Å²) in [7, 11) is 0. The number of pyridine rings is 1. The minimum Gasteiger partial charge on any atom is -0.379 e. The monoisotopic (exact) mass is 198 g/mol. The third-order valence-electron chi connectivity index (χ3n) is 3.09. The first-order valence-electron chi connectivity index (χ1n) is 5.39. The molecule has 0 spiro atoms. The summed E-state index contributed by atoms with van der Waals surface area (Å²) in [5, 5.41) is 4.81. The lowest BCUT2D eigenvalue weighted by atomic mass is 10.1. The summed E-state index contributed by atoms with van der Waals surface area (Å²) in [4.78, 5) is 4.35. The minimum atomic E-state index is 0.324. The van der Waals surface area contributed by atoms with Crippen LogP contribution in [0.5, 0.6) is 0 Å². The van der Waals surface area contributed by atoms with Crippen LogP contribution in [0.25, 0.3) is 10.9 Å². The lowest BCUT2D eigenvalue weighted by molar-refractivity contribution is 0.831. The van der Waals surface area contributed by atoms with Gasteiger partial charge in [0.1, 0.15) is 0 Å². The van der Waals surface area contributed by atoms with Crippen molar-refractivity contribution in [3.63, 3.8) is 0 Å². The molecule has 0 radical (unpaired) electrons. The molecule has 76 valence electrons. The Kier molecular flexibility index (Phi) is 1.72. The molecule has 1 N–H and O–H groups in total. The number of nitrogens with zero attached hydrogens (tertiary/aromatic N) is 1. The zero-order valence-electron chi connectivity index (χ0n) is 8.83. The van der Waals surface area contributed by atoms with Gasteiger partial charge in [0.25, 0.3) is 0 Å². The second-order valence-electron chi connectivity index (χ2n) is 4.56. The molecule has 0 unspecified atom stereocenters. The lowest BCUT2D eigenvalue weighted by Crippen LogP contribution is -2.16. The van der Waals surface area contributed by atoms with Crippen LogP contribution in [0.3, 0.4) is 0 Å². The van der Waals surface area contributed by atoms with Gasteiger partial charge in [-0.15, -0.1) is 0 Å². The molecule has 0 amide bonds. The first kappa shape index (κ1) is 8.72. The molecule has 1 saturated carbocycles. The van der Waals surface area contributed by atoms with Gasteiger partial charge < -0.3 is 5.32 Å². The van der Waals surface area contributed by atoms with Crippen LogP contribution in [0.4, 0.5) is 5.69 Å². The number of fused-ring (bicyclic) bond motifs is 1. The number of benzene rings is 1. The fourth-order valence-corrected chi connectivity index (χ4v) is 1.84. The van der Waals surface area contributed by atoms with E-state index in [-0.39, 0.29) is 0 Å². The molecule has 3 rings (SSSR count). The third-order valence-corrected chi connectivity index (χ3v) is 3.09. The van der Waals surface area contributed by atoms with Gasteiger partial charge in [-0.2, -0.15) is 0 Å². The summed E-state index contributed by atoms with van der Waals surface area (Å²) in [6, 6.07) is 10.3. The number of rotatable bonds is 2. The van der Waals surface area contributed by atoms with E-state index in [9.17, 15) is 0 Å². The molecular weight excluding hydrogens is 184 g/mol. The average Bonchev–Trinajstić information content (AvgIpc) is 2.97. The van der Waals surface area contributed by atoms with Crippen LogP contribution in [0.1, 0.15) is 19.8 Å². The standard InChI is InChI=1S/C13H14N2/c1-13(7-8-13)15-12-6-9-14-11-5-3-2-4-10(11)12/h2-6,9H,7-8H2,1H3,(H,14,15). The zero-order chi connectivity index (χ0) is 10.3. The minimum absolute atomic E-state index is 0.324. The number of anilines is 1. The van der Waals surface area contributed by atoms with Crippen molar-refractivity contribution in [3.8, 4) is 0 Å². The summed E-state index contributed by atoms with van der Waals surface area (Å²) in [5.74, 6) is 0. The molecule has 1 heterocycles. The Morgan fingerprint density at radius 3 is 2.80 bits per heavy atom. The van der Waals surface area contributed by atoms with Gasteiger partial charge in [-0.3, -0.25) is 4.98 Å². The highest BCUT2D eigenvalue weighted by molar-refractivity contribution is 5.91. The van der Waals surface area contributed by atoms with Gasteiger partial charge in [-0.05, 0) is 31.9 Å². The summed E-state index contributed by atoms with van der Waals surface area (Å²) in [6.45, 7) is 2.27. The number of nitrogens with one attached hydrogen (secondary N) is 1. The average molecular weight is 198 g/mol. The van der Waals surface area contributed by atoms with Crippen LogP contribution in [0.15, 0.2) is 36.5 Å². The molecule has 1 aromatic carbocycles. The van der Waals surface area contributed by atoms with Gasteiger partial charge in [-0.25, -0.2) is 0 Å². The number of hydrogen-bond donors (Lipinski definition) is 1. The predicted molar refractivity (Wildman–Crippen MR) is 63.0 cm³/mol. The van der Waals surface area contributed by atoms with E-state index in [1.165, 1.54) is 23.9 Å². The SMILES string of the molecule is CC1(Nc2ccnc3ccccc23)CC1. The van der Waals surface area contributed by atoms with Gasteiger partial charge >= 0.3 is 0 Å². The number of para-hydroxylation sites is 1. The maximum absolute atomic E-state index is 4.35. The van der Waals surface area contributed by atoms with Crippen molar-refractivity contribution in [2.24, 2.45) is 0 Å². The second-order valence-corrected chi connectivity index (χ2v) is 4.56. The van der Waals surface area contributed by atoms with E-state index in [0.29, 0.717) is 5.54 Å². The summed E-state index contributed by atoms with van der Waals surface area (Å²) >= 11 is 0. The Morgan fingerprint density at radius 1 is 1.20 bits per heavy atom. The largest absolute Gasteiger partial charge is 0.379 e. The van der Waals surface area contributed by atoms with Crippen LogP contribution in [-0.2, 0) is 0 Å².